The second-order valence-corrected chi connectivity index (χ2v) is 7.10. The standard InChI is InChI=1S/C15H23NO4S/c1-3-7-12(15(17)18)11-16-13-8-5-6-9-14(13)21(19,20)10-4-2/h5-6,8-9,12,16H,3-4,7,10-11H2,1-2H3,(H,17,18). The third-order valence-electron chi connectivity index (χ3n) is 3.22. The van der Waals surface area contributed by atoms with Crippen LogP contribution in [0, 0.1) is 5.92 Å². The summed E-state index contributed by atoms with van der Waals surface area (Å²) in [7, 11) is -3.33. The SMILES string of the molecule is CCCC(CNc1ccccc1S(=O)(=O)CCC)C(=O)O. The first-order valence-electron chi connectivity index (χ1n) is 7.20. The van der Waals surface area contributed by atoms with Gasteiger partial charge in [-0.3, -0.25) is 4.79 Å². The van der Waals surface area contributed by atoms with E-state index in [0.717, 1.165) is 6.42 Å². The molecule has 0 saturated carbocycles. The number of hydrogen-bond donors (Lipinski definition) is 2. The van der Waals surface area contributed by atoms with Gasteiger partial charge in [0.05, 0.1) is 22.3 Å². The van der Waals surface area contributed by atoms with Crippen LogP contribution in [-0.2, 0) is 14.6 Å². The Hall–Kier alpha value is -1.56. The number of carboxylic acids is 1. The molecule has 0 aliphatic heterocycles. The first-order valence-corrected chi connectivity index (χ1v) is 8.86. The number of anilines is 1. The Morgan fingerprint density at radius 1 is 1.24 bits per heavy atom. The Labute approximate surface area is 126 Å². The number of para-hydroxylation sites is 1. The average Bonchev–Trinajstić information content (AvgIpc) is 2.43. The first kappa shape index (κ1) is 17.5. The molecule has 2 N–H and O–H groups in total. The van der Waals surface area contributed by atoms with Crippen molar-refractivity contribution in [3.63, 3.8) is 0 Å². The van der Waals surface area contributed by atoms with Gasteiger partial charge < -0.3 is 10.4 Å². The molecule has 1 aromatic rings. The van der Waals surface area contributed by atoms with Crippen LogP contribution in [0.15, 0.2) is 29.2 Å². The minimum atomic E-state index is -3.33. The monoisotopic (exact) mass is 313 g/mol. The zero-order valence-corrected chi connectivity index (χ0v) is 13.3. The van der Waals surface area contributed by atoms with E-state index in [0.29, 0.717) is 18.5 Å². The first-order chi connectivity index (χ1) is 9.92. The van der Waals surface area contributed by atoms with E-state index in [2.05, 4.69) is 5.32 Å². The summed E-state index contributed by atoms with van der Waals surface area (Å²) in [5.74, 6) is -1.29. The van der Waals surface area contributed by atoms with Crippen LogP contribution in [0.5, 0.6) is 0 Å². The highest BCUT2D eigenvalue weighted by Crippen LogP contribution is 2.23. The zero-order valence-electron chi connectivity index (χ0n) is 12.5. The van der Waals surface area contributed by atoms with Crippen LogP contribution in [0.2, 0.25) is 0 Å². The van der Waals surface area contributed by atoms with Gasteiger partial charge in [-0.15, -0.1) is 0 Å². The molecule has 5 nitrogen and oxygen atoms in total. The lowest BCUT2D eigenvalue weighted by molar-refractivity contribution is -0.141. The van der Waals surface area contributed by atoms with Crippen molar-refractivity contribution in [3.05, 3.63) is 24.3 Å². The van der Waals surface area contributed by atoms with Crippen LogP contribution in [0.25, 0.3) is 0 Å². The van der Waals surface area contributed by atoms with Crippen LogP contribution < -0.4 is 5.32 Å². The minimum absolute atomic E-state index is 0.0863. The molecule has 1 unspecified atom stereocenters. The molecule has 0 aromatic heterocycles. The third-order valence-corrected chi connectivity index (χ3v) is 5.19. The van der Waals surface area contributed by atoms with Crippen LogP contribution >= 0.6 is 0 Å². The lowest BCUT2D eigenvalue weighted by atomic mass is 10.0. The van der Waals surface area contributed by atoms with E-state index >= 15 is 0 Å². The van der Waals surface area contributed by atoms with E-state index in [-0.39, 0.29) is 17.2 Å². The number of rotatable bonds is 9. The summed E-state index contributed by atoms with van der Waals surface area (Å²) in [5, 5.41) is 12.1. The topological polar surface area (TPSA) is 83.5 Å². The number of carboxylic acid groups (broad SMARTS) is 1. The van der Waals surface area contributed by atoms with Crippen LogP contribution in [0.3, 0.4) is 0 Å². The van der Waals surface area contributed by atoms with E-state index in [9.17, 15) is 13.2 Å². The number of carbonyl (C=O) groups is 1. The lowest BCUT2D eigenvalue weighted by Crippen LogP contribution is -2.23. The summed E-state index contributed by atoms with van der Waals surface area (Å²) in [6.45, 7) is 3.97. The predicted molar refractivity (Wildman–Crippen MR) is 83.3 cm³/mol. The summed E-state index contributed by atoms with van der Waals surface area (Å²) in [5.41, 5.74) is 0.480. The molecule has 0 amide bonds. The van der Waals surface area contributed by atoms with E-state index in [4.69, 9.17) is 5.11 Å². The van der Waals surface area contributed by atoms with Gasteiger partial charge in [-0.1, -0.05) is 32.4 Å². The fourth-order valence-corrected chi connectivity index (χ4v) is 3.68. The maximum absolute atomic E-state index is 12.2. The molecule has 1 aromatic carbocycles. The van der Waals surface area contributed by atoms with Crippen LogP contribution in [-0.4, -0.2) is 31.8 Å². The summed E-state index contributed by atoms with van der Waals surface area (Å²) in [4.78, 5) is 11.4. The molecular formula is C15H23NO4S. The Morgan fingerprint density at radius 3 is 2.48 bits per heavy atom. The van der Waals surface area contributed by atoms with Crippen molar-refractivity contribution in [2.75, 3.05) is 17.6 Å². The zero-order chi connectivity index (χ0) is 15.9. The molecule has 0 bridgehead atoms. The largest absolute Gasteiger partial charge is 0.481 e. The molecule has 0 aliphatic carbocycles. The van der Waals surface area contributed by atoms with E-state index in [1.807, 2.05) is 13.8 Å². The van der Waals surface area contributed by atoms with Gasteiger partial charge in [0, 0.05) is 6.54 Å². The minimum Gasteiger partial charge on any atom is -0.481 e. The van der Waals surface area contributed by atoms with Gasteiger partial charge in [0.15, 0.2) is 9.84 Å². The van der Waals surface area contributed by atoms with Crippen molar-refractivity contribution in [1.29, 1.82) is 0 Å². The quantitative estimate of drug-likeness (QED) is 0.732. The van der Waals surface area contributed by atoms with E-state index in [1.165, 1.54) is 0 Å². The molecule has 0 fully saturated rings. The summed E-state index contributed by atoms with van der Waals surface area (Å²) in [6, 6.07) is 6.65. The molecule has 6 heteroatoms. The predicted octanol–water partition coefficient (Wildman–Crippen LogP) is 2.78. The highest BCUT2D eigenvalue weighted by atomic mass is 32.2. The van der Waals surface area contributed by atoms with E-state index in [1.54, 1.807) is 24.3 Å². The van der Waals surface area contributed by atoms with Crippen molar-refractivity contribution in [2.24, 2.45) is 5.92 Å². The molecule has 1 atom stereocenters. The Balaban J connectivity index is 2.92. The van der Waals surface area contributed by atoms with Gasteiger partial charge in [-0.2, -0.15) is 0 Å². The fraction of sp³-hybridized carbons (Fsp3) is 0.533. The molecule has 0 heterocycles. The molecule has 0 radical (unpaired) electrons. The maximum atomic E-state index is 12.2. The Bertz CT molecular complexity index is 569. The summed E-state index contributed by atoms with van der Waals surface area (Å²) < 4.78 is 24.4. The Kier molecular flexibility index (Phi) is 6.68. The summed E-state index contributed by atoms with van der Waals surface area (Å²) >= 11 is 0. The summed E-state index contributed by atoms with van der Waals surface area (Å²) in [6.07, 6.45) is 1.88. The average molecular weight is 313 g/mol. The lowest BCUT2D eigenvalue weighted by Gasteiger charge is -2.16. The maximum Gasteiger partial charge on any atom is 0.308 e. The molecular weight excluding hydrogens is 290 g/mol. The van der Waals surface area contributed by atoms with Crippen molar-refractivity contribution in [2.45, 2.75) is 38.0 Å². The van der Waals surface area contributed by atoms with Crippen molar-refractivity contribution >= 4 is 21.5 Å². The van der Waals surface area contributed by atoms with Gasteiger partial charge in [0.1, 0.15) is 0 Å². The molecule has 0 aliphatic rings. The fourth-order valence-electron chi connectivity index (χ4n) is 2.16. The number of aliphatic carboxylic acids is 1. The van der Waals surface area contributed by atoms with Gasteiger partial charge in [0.25, 0.3) is 0 Å². The van der Waals surface area contributed by atoms with Crippen LogP contribution in [0.4, 0.5) is 5.69 Å². The number of nitrogens with one attached hydrogen (secondary N) is 1. The number of benzene rings is 1. The smallest absolute Gasteiger partial charge is 0.308 e. The molecule has 1 rings (SSSR count). The van der Waals surface area contributed by atoms with Crippen molar-refractivity contribution < 1.29 is 18.3 Å². The Morgan fingerprint density at radius 2 is 1.90 bits per heavy atom. The van der Waals surface area contributed by atoms with Gasteiger partial charge in [-0.25, -0.2) is 8.42 Å². The van der Waals surface area contributed by atoms with Gasteiger partial charge >= 0.3 is 5.97 Å². The second kappa shape index (κ2) is 8.02. The van der Waals surface area contributed by atoms with Crippen LogP contribution in [0.1, 0.15) is 33.1 Å². The molecule has 0 spiro atoms. The molecule has 118 valence electrons. The molecule has 0 saturated heterocycles. The highest BCUT2D eigenvalue weighted by molar-refractivity contribution is 7.91. The van der Waals surface area contributed by atoms with Crippen molar-refractivity contribution in [3.8, 4) is 0 Å². The van der Waals surface area contributed by atoms with E-state index < -0.39 is 21.7 Å². The van der Waals surface area contributed by atoms with Gasteiger partial charge in [-0.05, 0) is 25.0 Å². The van der Waals surface area contributed by atoms with Crippen molar-refractivity contribution in [1.82, 2.24) is 0 Å². The normalized spacial score (nSPS) is 12.9. The highest BCUT2D eigenvalue weighted by Gasteiger charge is 2.20. The third kappa shape index (κ3) is 5.04. The number of hydrogen-bond acceptors (Lipinski definition) is 4. The molecule has 21 heavy (non-hydrogen) atoms. The number of sulfone groups is 1. The van der Waals surface area contributed by atoms with Gasteiger partial charge in [0.2, 0.25) is 0 Å². The second-order valence-electron chi connectivity index (χ2n) is 5.02.